The van der Waals surface area contributed by atoms with E-state index in [9.17, 15) is 4.79 Å². The summed E-state index contributed by atoms with van der Waals surface area (Å²) in [5, 5.41) is 3.50. The van der Waals surface area contributed by atoms with Crippen molar-refractivity contribution < 1.29 is 4.79 Å². The molecule has 0 spiro atoms. The van der Waals surface area contributed by atoms with Crippen molar-refractivity contribution in [3.8, 4) is 0 Å². The lowest BCUT2D eigenvalue weighted by atomic mass is 10.0. The summed E-state index contributed by atoms with van der Waals surface area (Å²) in [5.74, 6) is 0.635. The number of nitrogens with two attached hydrogens (primary N) is 1. The standard InChI is InChI=1S/C12H24N2O/c1-3-5-9(2)8-14-11-7-4-6-10(11)12(13)15/h9-11,14H,3-8H2,1-2H3,(H2,13,15). The lowest BCUT2D eigenvalue weighted by Crippen LogP contribution is -2.40. The van der Waals surface area contributed by atoms with Crippen LogP contribution in [0.3, 0.4) is 0 Å². The molecule has 1 aliphatic rings. The highest BCUT2D eigenvalue weighted by Crippen LogP contribution is 2.25. The predicted molar refractivity (Wildman–Crippen MR) is 62.4 cm³/mol. The number of carbonyl (C=O) groups excluding carboxylic acids is 1. The largest absolute Gasteiger partial charge is 0.369 e. The van der Waals surface area contributed by atoms with Gasteiger partial charge < -0.3 is 11.1 Å². The van der Waals surface area contributed by atoms with Crippen LogP contribution in [0, 0.1) is 11.8 Å². The molecule has 0 aromatic carbocycles. The van der Waals surface area contributed by atoms with Crippen molar-refractivity contribution in [2.24, 2.45) is 17.6 Å². The van der Waals surface area contributed by atoms with Gasteiger partial charge in [-0.2, -0.15) is 0 Å². The maximum atomic E-state index is 11.2. The molecule has 3 N–H and O–H groups in total. The van der Waals surface area contributed by atoms with E-state index in [2.05, 4.69) is 19.2 Å². The molecule has 1 aliphatic carbocycles. The molecule has 3 unspecified atom stereocenters. The molecule has 3 heteroatoms. The predicted octanol–water partition coefficient (Wildman–Crippen LogP) is 1.67. The van der Waals surface area contributed by atoms with Crippen molar-refractivity contribution in [2.75, 3.05) is 6.54 Å². The van der Waals surface area contributed by atoms with Gasteiger partial charge in [0.15, 0.2) is 0 Å². The molecule has 3 atom stereocenters. The van der Waals surface area contributed by atoms with Crippen LogP contribution in [0.25, 0.3) is 0 Å². The van der Waals surface area contributed by atoms with Crippen LogP contribution < -0.4 is 11.1 Å². The van der Waals surface area contributed by atoms with Gasteiger partial charge in [0.2, 0.25) is 5.91 Å². The molecule has 0 bridgehead atoms. The monoisotopic (exact) mass is 212 g/mol. The molecule has 1 fully saturated rings. The molecule has 0 radical (unpaired) electrons. The molecular weight excluding hydrogens is 188 g/mol. The number of primary amides is 1. The molecule has 88 valence electrons. The zero-order chi connectivity index (χ0) is 11.3. The van der Waals surface area contributed by atoms with Gasteiger partial charge in [0.05, 0.1) is 5.92 Å². The summed E-state index contributed by atoms with van der Waals surface area (Å²) in [5.41, 5.74) is 5.37. The molecule has 3 nitrogen and oxygen atoms in total. The molecule has 1 rings (SSSR count). The van der Waals surface area contributed by atoms with E-state index in [0.717, 1.165) is 25.8 Å². The second-order valence-electron chi connectivity index (χ2n) is 4.85. The van der Waals surface area contributed by atoms with Crippen molar-refractivity contribution in [3.05, 3.63) is 0 Å². The molecule has 0 aromatic heterocycles. The van der Waals surface area contributed by atoms with Crippen LogP contribution in [0.15, 0.2) is 0 Å². The molecular formula is C12H24N2O. The Morgan fingerprint density at radius 1 is 1.53 bits per heavy atom. The highest BCUT2D eigenvalue weighted by molar-refractivity contribution is 5.77. The summed E-state index contributed by atoms with van der Waals surface area (Å²) >= 11 is 0. The van der Waals surface area contributed by atoms with Gasteiger partial charge in [-0.05, 0) is 31.7 Å². The summed E-state index contributed by atoms with van der Waals surface area (Å²) in [6.07, 6.45) is 5.68. The fourth-order valence-corrected chi connectivity index (χ4v) is 2.49. The van der Waals surface area contributed by atoms with Crippen LogP contribution in [-0.4, -0.2) is 18.5 Å². The Balaban J connectivity index is 2.28. The van der Waals surface area contributed by atoms with Gasteiger partial charge in [-0.15, -0.1) is 0 Å². The molecule has 0 saturated heterocycles. The number of rotatable bonds is 6. The Morgan fingerprint density at radius 3 is 2.87 bits per heavy atom. The van der Waals surface area contributed by atoms with Crippen molar-refractivity contribution in [1.82, 2.24) is 5.32 Å². The Labute approximate surface area is 92.8 Å². The second-order valence-corrected chi connectivity index (χ2v) is 4.85. The van der Waals surface area contributed by atoms with E-state index in [1.54, 1.807) is 0 Å². The average molecular weight is 212 g/mol. The van der Waals surface area contributed by atoms with E-state index in [0.29, 0.717) is 12.0 Å². The minimum absolute atomic E-state index is 0.0684. The van der Waals surface area contributed by atoms with Crippen molar-refractivity contribution in [1.29, 1.82) is 0 Å². The van der Waals surface area contributed by atoms with Gasteiger partial charge in [0.1, 0.15) is 0 Å². The van der Waals surface area contributed by atoms with E-state index in [1.807, 2.05) is 0 Å². The first-order chi connectivity index (χ1) is 7.15. The molecule has 15 heavy (non-hydrogen) atoms. The summed E-state index contributed by atoms with van der Waals surface area (Å²) in [4.78, 5) is 11.2. The van der Waals surface area contributed by atoms with Crippen LogP contribution in [0.1, 0.15) is 46.0 Å². The highest BCUT2D eigenvalue weighted by atomic mass is 16.1. The second kappa shape index (κ2) is 6.11. The maximum absolute atomic E-state index is 11.2. The zero-order valence-corrected chi connectivity index (χ0v) is 9.96. The van der Waals surface area contributed by atoms with E-state index in [-0.39, 0.29) is 11.8 Å². The lowest BCUT2D eigenvalue weighted by molar-refractivity contribution is -0.122. The Morgan fingerprint density at radius 2 is 2.27 bits per heavy atom. The number of hydrogen-bond donors (Lipinski definition) is 2. The van der Waals surface area contributed by atoms with Gasteiger partial charge >= 0.3 is 0 Å². The van der Waals surface area contributed by atoms with Crippen LogP contribution in [-0.2, 0) is 4.79 Å². The lowest BCUT2D eigenvalue weighted by Gasteiger charge is -2.20. The third kappa shape index (κ3) is 3.82. The van der Waals surface area contributed by atoms with E-state index in [1.165, 1.54) is 12.8 Å². The van der Waals surface area contributed by atoms with Gasteiger partial charge in [0.25, 0.3) is 0 Å². The van der Waals surface area contributed by atoms with Crippen LogP contribution in [0.4, 0.5) is 0 Å². The first-order valence-corrected chi connectivity index (χ1v) is 6.17. The van der Waals surface area contributed by atoms with Crippen molar-refractivity contribution in [3.63, 3.8) is 0 Å². The van der Waals surface area contributed by atoms with E-state index in [4.69, 9.17) is 5.73 Å². The first-order valence-electron chi connectivity index (χ1n) is 6.17. The summed E-state index contributed by atoms with van der Waals surface area (Å²) < 4.78 is 0. The van der Waals surface area contributed by atoms with Crippen LogP contribution >= 0.6 is 0 Å². The average Bonchev–Trinajstić information content (AvgIpc) is 2.63. The van der Waals surface area contributed by atoms with Crippen molar-refractivity contribution in [2.45, 2.75) is 52.0 Å². The van der Waals surface area contributed by atoms with Crippen LogP contribution in [0.2, 0.25) is 0 Å². The Bertz CT molecular complexity index is 206. The van der Waals surface area contributed by atoms with Gasteiger partial charge in [-0.3, -0.25) is 4.79 Å². The molecule has 0 aromatic rings. The first kappa shape index (κ1) is 12.5. The van der Waals surface area contributed by atoms with Gasteiger partial charge in [0, 0.05) is 6.04 Å². The highest BCUT2D eigenvalue weighted by Gasteiger charge is 2.30. The maximum Gasteiger partial charge on any atom is 0.222 e. The topological polar surface area (TPSA) is 55.1 Å². The fraction of sp³-hybridized carbons (Fsp3) is 0.917. The van der Waals surface area contributed by atoms with Gasteiger partial charge in [-0.1, -0.05) is 26.7 Å². The smallest absolute Gasteiger partial charge is 0.222 e. The minimum Gasteiger partial charge on any atom is -0.369 e. The molecule has 1 amide bonds. The summed E-state index contributed by atoms with van der Waals surface area (Å²) in [6, 6.07) is 0.335. The summed E-state index contributed by atoms with van der Waals surface area (Å²) in [6.45, 7) is 5.48. The number of carbonyl (C=O) groups is 1. The third-order valence-corrected chi connectivity index (χ3v) is 3.39. The number of hydrogen-bond acceptors (Lipinski definition) is 2. The quantitative estimate of drug-likeness (QED) is 0.703. The Hall–Kier alpha value is -0.570. The van der Waals surface area contributed by atoms with Crippen molar-refractivity contribution >= 4 is 5.91 Å². The normalized spacial score (nSPS) is 27.9. The van der Waals surface area contributed by atoms with Crippen LogP contribution in [0.5, 0.6) is 0 Å². The fourth-order valence-electron chi connectivity index (χ4n) is 2.49. The summed E-state index contributed by atoms with van der Waals surface area (Å²) in [7, 11) is 0. The molecule has 1 saturated carbocycles. The SMILES string of the molecule is CCCC(C)CNC1CCCC1C(N)=O. The molecule has 0 aliphatic heterocycles. The Kier molecular flexibility index (Phi) is 5.09. The minimum atomic E-state index is -0.131. The third-order valence-electron chi connectivity index (χ3n) is 3.39. The van der Waals surface area contributed by atoms with E-state index < -0.39 is 0 Å². The zero-order valence-electron chi connectivity index (χ0n) is 9.96. The number of nitrogens with one attached hydrogen (secondary N) is 1. The van der Waals surface area contributed by atoms with E-state index >= 15 is 0 Å². The number of amides is 1. The van der Waals surface area contributed by atoms with Gasteiger partial charge in [-0.25, -0.2) is 0 Å². The molecule has 0 heterocycles.